The molecular formula is C15H25F3IN5S. The summed E-state index contributed by atoms with van der Waals surface area (Å²) < 4.78 is 37.4. The Morgan fingerprint density at radius 1 is 1.40 bits per heavy atom. The number of nitrogens with zero attached hydrogens (tertiary/aromatic N) is 3. The maximum absolute atomic E-state index is 12.5. The fourth-order valence-electron chi connectivity index (χ4n) is 2.73. The molecule has 0 saturated carbocycles. The van der Waals surface area contributed by atoms with Gasteiger partial charge in [-0.15, -0.1) is 35.3 Å². The van der Waals surface area contributed by atoms with E-state index in [0.717, 1.165) is 15.6 Å². The van der Waals surface area contributed by atoms with Gasteiger partial charge in [-0.3, -0.25) is 4.90 Å². The van der Waals surface area contributed by atoms with E-state index in [-0.39, 0.29) is 30.0 Å². The highest BCUT2D eigenvalue weighted by Gasteiger charge is 2.34. The van der Waals surface area contributed by atoms with Crippen LogP contribution in [-0.2, 0) is 6.54 Å². The smallest absolute Gasteiger partial charge is 0.357 e. The molecule has 0 aliphatic carbocycles. The molecule has 0 radical (unpaired) electrons. The van der Waals surface area contributed by atoms with Crippen LogP contribution in [0.4, 0.5) is 13.2 Å². The zero-order chi connectivity index (χ0) is 17.7. The molecule has 1 aliphatic heterocycles. The fraction of sp³-hybridized carbons (Fsp3) is 0.733. The van der Waals surface area contributed by atoms with Crippen LogP contribution in [0, 0.1) is 13.8 Å². The number of hydrogen-bond acceptors (Lipinski definition) is 4. The molecule has 10 heteroatoms. The van der Waals surface area contributed by atoms with Gasteiger partial charge in [0.15, 0.2) is 5.96 Å². The standard InChI is InChI=1S/C15H24F3N5S.HI/c1-4-19-14(20-7-13-10(2)21-11(3)24-13)22-12-5-6-23(8-12)9-15(16,17)18;/h12H,4-9H2,1-3H3,(H2,19,20,22);1H. The summed E-state index contributed by atoms with van der Waals surface area (Å²) in [5, 5.41) is 7.40. The van der Waals surface area contributed by atoms with Crippen LogP contribution in [0.15, 0.2) is 4.99 Å². The summed E-state index contributed by atoms with van der Waals surface area (Å²) >= 11 is 1.62. The van der Waals surface area contributed by atoms with Crippen LogP contribution in [0.5, 0.6) is 0 Å². The number of thiazole rings is 1. The minimum Gasteiger partial charge on any atom is -0.357 e. The number of rotatable bonds is 5. The number of aliphatic imine (C=N–C) groups is 1. The van der Waals surface area contributed by atoms with Gasteiger partial charge in [-0.25, -0.2) is 9.98 Å². The van der Waals surface area contributed by atoms with E-state index in [2.05, 4.69) is 20.6 Å². The van der Waals surface area contributed by atoms with Crippen molar-refractivity contribution in [1.82, 2.24) is 20.5 Å². The number of nitrogens with one attached hydrogen (secondary N) is 2. The topological polar surface area (TPSA) is 52.6 Å². The van der Waals surface area contributed by atoms with Crippen LogP contribution < -0.4 is 10.6 Å². The average Bonchev–Trinajstić information content (AvgIpc) is 3.01. The Labute approximate surface area is 167 Å². The molecular weight excluding hydrogens is 466 g/mol. The number of hydrogen-bond donors (Lipinski definition) is 2. The monoisotopic (exact) mass is 491 g/mol. The molecule has 1 aromatic heterocycles. The van der Waals surface area contributed by atoms with Crippen molar-refractivity contribution in [2.45, 2.75) is 46.0 Å². The van der Waals surface area contributed by atoms with Crippen LogP contribution in [0.1, 0.15) is 28.9 Å². The predicted octanol–water partition coefficient (Wildman–Crippen LogP) is 3.07. The third-order valence-corrected chi connectivity index (χ3v) is 4.80. The largest absolute Gasteiger partial charge is 0.401 e. The van der Waals surface area contributed by atoms with Crippen molar-refractivity contribution in [1.29, 1.82) is 0 Å². The summed E-state index contributed by atoms with van der Waals surface area (Å²) in [6, 6.07) is -0.0190. The summed E-state index contributed by atoms with van der Waals surface area (Å²) in [7, 11) is 0. The van der Waals surface area contributed by atoms with Crippen LogP contribution in [-0.4, -0.2) is 54.2 Å². The van der Waals surface area contributed by atoms with Crippen LogP contribution in [0.25, 0.3) is 0 Å². The molecule has 0 spiro atoms. The Hall–Kier alpha value is -0.620. The molecule has 0 aromatic carbocycles. The molecule has 1 aliphatic rings. The van der Waals surface area contributed by atoms with Gasteiger partial charge in [0, 0.05) is 30.6 Å². The van der Waals surface area contributed by atoms with Crippen molar-refractivity contribution in [2.24, 2.45) is 4.99 Å². The van der Waals surface area contributed by atoms with Gasteiger partial charge in [-0.1, -0.05) is 0 Å². The van der Waals surface area contributed by atoms with Crippen molar-refractivity contribution >= 4 is 41.3 Å². The van der Waals surface area contributed by atoms with Crippen molar-refractivity contribution in [3.8, 4) is 0 Å². The molecule has 1 saturated heterocycles. The molecule has 25 heavy (non-hydrogen) atoms. The summed E-state index contributed by atoms with van der Waals surface area (Å²) in [5.41, 5.74) is 0.981. The molecule has 1 unspecified atom stereocenters. The van der Waals surface area contributed by atoms with E-state index >= 15 is 0 Å². The fourth-order valence-corrected chi connectivity index (χ4v) is 3.59. The molecule has 5 nitrogen and oxygen atoms in total. The quantitative estimate of drug-likeness (QED) is 0.378. The van der Waals surface area contributed by atoms with Crippen LogP contribution in [0.3, 0.4) is 0 Å². The van der Waals surface area contributed by atoms with Gasteiger partial charge in [0.25, 0.3) is 0 Å². The second kappa shape index (κ2) is 9.91. The van der Waals surface area contributed by atoms with Gasteiger partial charge in [0.05, 0.1) is 23.8 Å². The van der Waals surface area contributed by atoms with Gasteiger partial charge in [0.1, 0.15) is 0 Å². The molecule has 144 valence electrons. The molecule has 2 heterocycles. The number of aryl methyl sites for hydroxylation is 2. The maximum atomic E-state index is 12.5. The van der Waals surface area contributed by atoms with E-state index in [1.165, 1.54) is 4.90 Å². The zero-order valence-corrected chi connectivity index (χ0v) is 17.8. The lowest BCUT2D eigenvalue weighted by molar-refractivity contribution is -0.143. The highest BCUT2D eigenvalue weighted by atomic mass is 127. The third kappa shape index (κ3) is 7.65. The second-order valence-electron chi connectivity index (χ2n) is 5.92. The number of alkyl halides is 3. The van der Waals surface area contributed by atoms with Crippen molar-refractivity contribution in [2.75, 3.05) is 26.2 Å². The van der Waals surface area contributed by atoms with Crippen molar-refractivity contribution in [3.63, 3.8) is 0 Å². The molecule has 0 amide bonds. The molecule has 2 N–H and O–H groups in total. The van der Waals surface area contributed by atoms with Gasteiger partial charge < -0.3 is 10.6 Å². The van der Waals surface area contributed by atoms with E-state index in [4.69, 9.17) is 0 Å². The highest BCUT2D eigenvalue weighted by Crippen LogP contribution is 2.20. The van der Waals surface area contributed by atoms with Crippen LogP contribution in [0.2, 0.25) is 0 Å². The Morgan fingerprint density at radius 2 is 2.12 bits per heavy atom. The number of guanidine groups is 1. The Balaban J connectivity index is 0.00000312. The van der Waals surface area contributed by atoms with E-state index in [0.29, 0.717) is 38.6 Å². The minimum absolute atomic E-state index is 0. The van der Waals surface area contributed by atoms with E-state index in [1.807, 2.05) is 20.8 Å². The van der Waals surface area contributed by atoms with E-state index < -0.39 is 12.7 Å². The molecule has 1 atom stereocenters. The zero-order valence-electron chi connectivity index (χ0n) is 14.6. The minimum atomic E-state index is -4.14. The number of halogens is 4. The van der Waals surface area contributed by atoms with Crippen molar-refractivity contribution in [3.05, 3.63) is 15.6 Å². The summed E-state index contributed by atoms with van der Waals surface area (Å²) in [6.45, 7) is 7.08. The number of likely N-dealkylation sites (tertiary alicyclic amines) is 1. The first-order valence-corrected chi connectivity index (χ1v) is 8.85. The Morgan fingerprint density at radius 3 is 2.68 bits per heavy atom. The molecule has 0 bridgehead atoms. The summed E-state index contributed by atoms with van der Waals surface area (Å²) in [5.74, 6) is 0.641. The Kier molecular flexibility index (Phi) is 8.89. The first kappa shape index (κ1) is 22.4. The number of aromatic nitrogens is 1. The van der Waals surface area contributed by atoms with Gasteiger partial charge in [-0.05, 0) is 27.2 Å². The lowest BCUT2D eigenvalue weighted by atomic mass is 10.3. The third-order valence-electron chi connectivity index (χ3n) is 3.74. The predicted molar refractivity (Wildman–Crippen MR) is 106 cm³/mol. The van der Waals surface area contributed by atoms with E-state index in [9.17, 15) is 13.2 Å². The molecule has 1 fully saturated rings. The normalized spacial score (nSPS) is 19.0. The highest BCUT2D eigenvalue weighted by molar-refractivity contribution is 14.0. The van der Waals surface area contributed by atoms with Crippen LogP contribution >= 0.6 is 35.3 Å². The summed E-state index contributed by atoms with van der Waals surface area (Å²) in [6.07, 6.45) is -3.46. The first-order chi connectivity index (χ1) is 11.3. The summed E-state index contributed by atoms with van der Waals surface area (Å²) in [4.78, 5) is 11.5. The maximum Gasteiger partial charge on any atom is 0.401 e. The first-order valence-electron chi connectivity index (χ1n) is 8.03. The van der Waals surface area contributed by atoms with Gasteiger partial charge in [-0.2, -0.15) is 13.2 Å². The van der Waals surface area contributed by atoms with Gasteiger partial charge >= 0.3 is 6.18 Å². The lowest BCUT2D eigenvalue weighted by Gasteiger charge is -2.19. The SMILES string of the molecule is CCNC(=NCc1sc(C)nc1C)NC1CCN(CC(F)(F)F)C1.I. The second-order valence-corrected chi connectivity index (χ2v) is 7.20. The van der Waals surface area contributed by atoms with Gasteiger partial charge in [0.2, 0.25) is 0 Å². The molecule has 2 rings (SSSR count). The molecule has 1 aromatic rings. The average molecular weight is 491 g/mol. The lowest BCUT2D eigenvalue weighted by Crippen LogP contribution is -2.45. The van der Waals surface area contributed by atoms with E-state index in [1.54, 1.807) is 11.3 Å². The Bertz CT molecular complexity index is 576. The van der Waals surface area contributed by atoms with Crippen molar-refractivity contribution < 1.29 is 13.2 Å².